The highest BCUT2D eigenvalue weighted by Crippen LogP contribution is 2.19. The molecule has 6 heteroatoms. The van der Waals surface area contributed by atoms with Gasteiger partial charge >= 0.3 is 6.09 Å². The number of carbonyl (C=O) groups is 1. The van der Waals surface area contributed by atoms with Gasteiger partial charge in [0.15, 0.2) is 0 Å². The number of amides is 1. The molecule has 2 heterocycles. The number of pyridine rings is 1. The summed E-state index contributed by atoms with van der Waals surface area (Å²) in [5.74, 6) is 0.363. The summed E-state index contributed by atoms with van der Waals surface area (Å²) in [6, 6.07) is 0.00265. The second-order valence-corrected chi connectivity index (χ2v) is 6.36. The second-order valence-electron chi connectivity index (χ2n) is 5.57. The summed E-state index contributed by atoms with van der Waals surface area (Å²) in [7, 11) is 0. The van der Waals surface area contributed by atoms with Gasteiger partial charge < -0.3 is 14.5 Å². The zero-order valence-corrected chi connectivity index (χ0v) is 13.5. The van der Waals surface area contributed by atoms with Crippen molar-refractivity contribution >= 4 is 27.8 Å². The maximum atomic E-state index is 12.0. The number of piperazine rings is 1. The number of rotatable bonds is 1. The fraction of sp³-hybridized carbons (Fsp3) is 0.571. The summed E-state index contributed by atoms with van der Waals surface area (Å²) in [5.41, 5.74) is -0.529. The molecule has 0 atom stereocenters. The smallest absolute Gasteiger partial charge is 0.410 e. The fourth-order valence-electron chi connectivity index (χ4n) is 1.86. The Labute approximate surface area is 132 Å². The molecule has 5 nitrogen and oxygen atoms in total. The first-order chi connectivity index (χ1) is 10.6. The molecule has 1 aromatic rings. The number of nitrogens with zero attached hydrogens (tertiary/aromatic N) is 3. The highest BCUT2D eigenvalue weighted by molar-refractivity contribution is 9.10. The number of anilines is 1. The van der Waals surface area contributed by atoms with Crippen LogP contribution in [0.2, 0.25) is 0 Å². The van der Waals surface area contributed by atoms with Crippen molar-refractivity contribution in [3.8, 4) is 0 Å². The molecule has 1 aliphatic heterocycles. The van der Waals surface area contributed by atoms with E-state index >= 15 is 0 Å². The van der Waals surface area contributed by atoms with E-state index in [1.54, 1.807) is 4.90 Å². The van der Waals surface area contributed by atoms with Gasteiger partial charge in [-0.3, -0.25) is 0 Å². The summed E-state index contributed by atoms with van der Waals surface area (Å²) >= 11 is 3.17. The minimum atomic E-state index is -0.529. The monoisotopic (exact) mass is 344 g/mol. The first-order valence-corrected chi connectivity index (χ1v) is 7.25. The molecule has 1 fully saturated rings. The Morgan fingerprint density at radius 3 is 2.65 bits per heavy atom. The molecule has 0 aliphatic carbocycles. The lowest BCUT2D eigenvalue weighted by molar-refractivity contribution is 0.0240. The average molecular weight is 345 g/mol. The molecule has 2 rings (SSSR count). The molecule has 20 heavy (non-hydrogen) atoms. The zero-order chi connectivity index (χ0) is 17.4. The Hall–Kier alpha value is -1.30. The Bertz CT molecular complexity index is 614. The Morgan fingerprint density at radius 1 is 1.40 bits per heavy atom. The molecule has 0 saturated carbocycles. The minimum absolute atomic E-state index is 0.0915. The topological polar surface area (TPSA) is 45.7 Å². The molecule has 0 bridgehead atoms. The number of hydrogen-bond donors (Lipinski definition) is 0. The van der Waals surface area contributed by atoms with Crippen molar-refractivity contribution in [2.24, 2.45) is 0 Å². The van der Waals surface area contributed by atoms with Gasteiger partial charge in [-0.1, -0.05) is 15.9 Å². The lowest BCUT2D eigenvalue weighted by atomic mass is 10.2. The van der Waals surface area contributed by atoms with Crippen molar-refractivity contribution in [3.05, 3.63) is 22.7 Å². The molecule has 1 amide bonds. The van der Waals surface area contributed by atoms with Crippen LogP contribution in [0, 0.1) is 0 Å². The fourth-order valence-corrected chi connectivity index (χ4v) is 2.13. The highest BCUT2D eigenvalue weighted by Gasteiger charge is 2.26. The first-order valence-electron chi connectivity index (χ1n) is 7.96. The maximum Gasteiger partial charge on any atom is 0.410 e. The largest absolute Gasteiger partial charge is 0.444 e. The zero-order valence-electron chi connectivity index (χ0n) is 14.9. The predicted molar refractivity (Wildman–Crippen MR) is 82.0 cm³/mol. The molecule has 0 spiro atoms. The molecule has 110 valence electrons. The van der Waals surface area contributed by atoms with Crippen molar-refractivity contribution in [1.29, 1.82) is 0 Å². The van der Waals surface area contributed by atoms with Crippen LogP contribution in [-0.2, 0) is 4.74 Å². The first kappa shape index (κ1) is 11.4. The van der Waals surface area contributed by atoms with E-state index in [2.05, 4.69) is 20.9 Å². The Morgan fingerprint density at radius 2 is 2.05 bits per heavy atom. The molecule has 0 unspecified atom stereocenters. The summed E-state index contributed by atoms with van der Waals surface area (Å²) < 4.78 is 29.0. The van der Waals surface area contributed by atoms with Crippen LogP contribution in [0.5, 0.6) is 0 Å². The molecule has 0 N–H and O–H groups in total. The van der Waals surface area contributed by atoms with Gasteiger partial charge in [0.25, 0.3) is 0 Å². The lowest BCUT2D eigenvalue weighted by Crippen LogP contribution is -2.50. The van der Waals surface area contributed by atoms with E-state index in [-0.39, 0.29) is 28.8 Å². The van der Waals surface area contributed by atoms with Crippen LogP contribution in [-0.4, -0.2) is 47.8 Å². The minimum Gasteiger partial charge on any atom is -0.444 e. The van der Waals surface area contributed by atoms with Crippen LogP contribution in [0.1, 0.15) is 24.9 Å². The van der Waals surface area contributed by atoms with E-state index in [0.29, 0.717) is 32.0 Å². The van der Waals surface area contributed by atoms with E-state index in [9.17, 15) is 4.79 Å². The quantitative estimate of drug-likeness (QED) is 0.785. The highest BCUT2D eigenvalue weighted by atomic mass is 79.9. The number of ether oxygens (including phenoxy) is 1. The van der Waals surface area contributed by atoms with Crippen LogP contribution >= 0.6 is 15.9 Å². The molecule has 1 aromatic heterocycles. The third-order valence-corrected chi connectivity index (χ3v) is 3.18. The van der Waals surface area contributed by atoms with Crippen molar-refractivity contribution < 1.29 is 13.6 Å². The van der Waals surface area contributed by atoms with Gasteiger partial charge in [0.05, 0.1) is 4.11 Å². The van der Waals surface area contributed by atoms with Crippen molar-refractivity contribution in [2.45, 2.75) is 26.4 Å². The normalized spacial score (nSPS) is 18.3. The third kappa shape index (κ3) is 4.10. The van der Waals surface area contributed by atoms with Gasteiger partial charge in [-0.25, -0.2) is 9.78 Å². The van der Waals surface area contributed by atoms with Gasteiger partial charge in [0.2, 0.25) is 0 Å². The predicted octanol–water partition coefficient (Wildman–Crippen LogP) is 2.90. The SMILES string of the molecule is [2H]c1nc(N2CCN(C(=O)OC(C)(C)C)CC2)c([2H])c(Br)c1[2H]. The summed E-state index contributed by atoms with van der Waals surface area (Å²) in [6.45, 7) is 7.41. The molecule has 1 aliphatic rings. The molecular weight excluding hydrogens is 322 g/mol. The van der Waals surface area contributed by atoms with Crippen LogP contribution in [0.25, 0.3) is 0 Å². The summed E-state index contributed by atoms with van der Waals surface area (Å²) in [5, 5.41) is 0. The summed E-state index contributed by atoms with van der Waals surface area (Å²) in [6.07, 6.45) is -0.516. The number of halogens is 1. The van der Waals surface area contributed by atoms with Crippen LogP contribution in [0.3, 0.4) is 0 Å². The van der Waals surface area contributed by atoms with Gasteiger partial charge in [-0.05, 0) is 32.9 Å². The van der Waals surface area contributed by atoms with Crippen LogP contribution in [0.15, 0.2) is 22.7 Å². The van der Waals surface area contributed by atoms with Gasteiger partial charge in [-0.15, -0.1) is 0 Å². The third-order valence-electron chi connectivity index (χ3n) is 2.78. The van der Waals surface area contributed by atoms with Crippen molar-refractivity contribution in [2.75, 3.05) is 31.1 Å². The second kappa shape index (κ2) is 5.99. The average Bonchev–Trinajstić information content (AvgIpc) is 2.47. The van der Waals surface area contributed by atoms with E-state index < -0.39 is 5.60 Å². The lowest BCUT2D eigenvalue weighted by Gasteiger charge is -2.36. The van der Waals surface area contributed by atoms with Gasteiger partial charge in [0.1, 0.15) is 11.4 Å². The standard InChI is InChI=1S/C14H20BrN3O2/c1-14(2,3)20-13(19)18-8-6-17(7-9-18)12-10-11(15)4-5-16-12/h4-5,10H,6-9H2,1-3H3/i4D,5D,10D. The number of aromatic nitrogens is 1. The van der Waals surface area contributed by atoms with E-state index in [1.807, 2.05) is 25.7 Å². The van der Waals surface area contributed by atoms with Gasteiger partial charge in [0, 0.05) is 36.8 Å². The van der Waals surface area contributed by atoms with Crippen LogP contribution < -0.4 is 4.90 Å². The molecule has 1 saturated heterocycles. The van der Waals surface area contributed by atoms with Crippen molar-refractivity contribution in [1.82, 2.24) is 9.88 Å². The van der Waals surface area contributed by atoms with E-state index in [0.717, 1.165) is 0 Å². The number of hydrogen-bond acceptors (Lipinski definition) is 4. The molecular formula is C14H20BrN3O2. The Kier molecular flexibility index (Phi) is 3.41. The Balaban J connectivity index is 2.07. The van der Waals surface area contributed by atoms with E-state index in [4.69, 9.17) is 8.85 Å². The molecule has 0 aromatic carbocycles. The molecule has 0 radical (unpaired) electrons. The number of carbonyl (C=O) groups excluding carboxylic acids is 1. The summed E-state index contributed by atoms with van der Waals surface area (Å²) in [4.78, 5) is 19.6. The van der Waals surface area contributed by atoms with Gasteiger partial charge in [-0.2, -0.15) is 0 Å². The van der Waals surface area contributed by atoms with Crippen LogP contribution in [0.4, 0.5) is 10.6 Å². The van der Waals surface area contributed by atoms with Crippen molar-refractivity contribution in [3.63, 3.8) is 0 Å². The maximum absolute atomic E-state index is 12.0. The van der Waals surface area contributed by atoms with E-state index in [1.165, 1.54) is 0 Å².